The second-order valence-corrected chi connectivity index (χ2v) is 7.66. The molecule has 0 radical (unpaired) electrons. The van der Waals surface area contributed by atoms with Crippen LogP contribution in [0.25, 0.3) is 22.4 Å². The van der Waals surface area contributed by atoms with E-state index in [1.165, 1.54) is 6.07 Å². The average Bonchev–Trinajstić information content (AvgIpc) is 3.06. The van der Waals surface area contributed by atoms with E-state index in [1.807, 2.05) is 0 Å². The summed E-state index contributed by atoms with van der Waals surface area (Å²) in [7, 11) is 0. The zero-order valence-electron chi connectivity index (χ0n) is 14.5. The van der Waals surface area contributed by atoms with E-state index in [4.69, 9.17) is 51.1 Å². The first-order valence-corrected chi connectivity index (χ1v) is 9.80. The van der Waals surface area contributed by atoms with Gasteiger partial charge in [0.25, 0.3) is 0 Å². The lowest BCUT2D eigenvalue weighted by molar-refractivity contribution is 0.215. The maximum atomic E-state index is 12.2. The largest absolute Gasteiger partial charge is 0.417 e. The Morgan fingerprint density at radius 1 is 0.931 bits per heavy atom. The number of nitrogens with one attached hydrogen (secondary N) is 2. The van der Waals surface area contributed by atoms with Crippen molar-refractivity contribution in [3.63, 3.8) is 0 Å². The number of carbonyl (C=O) groups excluding carboxylic acids is 1. The fourth-order valence-electron chi connectivity index (χ4n) is 2.73. The van der Waals surface area contributed by atoms with Crippen LogP contribution >= 0.6 is 46.4 Å². The van der Waals surface area contributed by atoms with Gasteiger partial charge in [-0.15, -0.1) is 0 Å². The molecule has 0 aliphatic heterocycles. The van der Waals surface area contributed by atoms with Gasteiger partial charge in [-0.05, 0) is 42.5 Å². The normalized spacial score (nSPS) is 10.9. The van der Waals surface area contributed by atoms with Crippen LogP contribution in [0.5, 0.6) is 5.75 Å². The molecule has 4 aromatic rings. The average molecular weight is 467 g/mol. The number of H-pyrrole nitrogens is 1. The Balaban J connectivity index is 1.57. The van der Waals surface area contributed by atoms with Crippen molar-refractivity contribution < 1.29 is 9.53 Å². The molecular formula is C20H11Cl4N3O2. The molecule has 0 spiro atoms. The van der Waals surface area contributed by atoms with E-state index in [0.717, 1.165) is 0 Å². The summed E-state index contributed by atoms with van der Waals surface area (Å²) >= 11 is 24.4. The molecule has 9 heteroatoms. The minimum Gasteiger partial charge on any atom is -0.410 e. The molecule has 0 fully saturated rings. The first kappa shape index (κ1) is 19.9. The fraction of sp³-hybridized carbons (Fsp3) is 0. The number of hydrogen-bond acceptors (Lipinski definition) is 3. The summed E-state index contributed by atoms with van der Waals surface area (Å²) in [5.74, 6) is 0.839. The number of amides is 1. The van der Waals surface area contributed by atoms with Crippen molar-refractivity contribution in [2.24, 2.45) is 0 Å². The van der Waals surface area contributed by atoms with E-state index in [-0.39, 0.29) is 0 Å². The van der Waals surface area contributed by atoms with Crippen molar-refractivity contribution in [3.05, 3.63) is 74.7 Å². The topological polar surface area (TPSA) is 67.0 Å². The van der Waals surface area contributed by atoms with Gasteiger partial charge in [0.1, 0.15) is 11.6 Å². The van der Waals surface area contributed by atoms with E-state index in [9.17, 15) is 4.79 Å². The first-order chi connectivity index (χ1) is 13.9. The van der Waals surface area contributed by atoms with Gasteiger partial charge < -0.3 is 9.72 Å². The lowest BCUT2D eigenvalue weighted by Crippen LogP contribution is -2.16. The summed E-state index contributed by atoms with van der Waals surface area (Å²) in [6.07, 6.45) is -0.692. The highest BCUT2D eigenvalue weighted by Gasteiger charge is 2.14. The molecular weight excluding hydrogens is 456 g/mol. The molecule has 0 saturated heterocycles. The highest BCUT2D eigenvalue weighted by molar-refractivity contribution is 6.39. The Bertz CT molecular complexity index is 1220. The third-order valence-corrected chi connectivity index (χ3v) is 5.21. The van der Waals surface area contributed by atoms with Crippen LogP contribution in [-0.2, 0) is 0 Å². The Morgan fingerprint density at radius 3 is 2.41 bits per heavy atom. The molecule has 0 aliphatic rings. The highest BCUT2D eigenvalue weighted by atomic mass is 35.5. The number of rotatable bonds is 3. The lowest BCUT2D eigenvalue weighted by Gasteiger charge is -2.08. The van der Waals surface area contributed by atoms with Crippen molar-refractivity contribution in [3.8, 4) is 17.1 Å². The van der Waals surface area contributed by atoms with Gasteiger partial charge in [-0.1, -0.05) is 52.5 Å². The summed E-state index contributed by atoms with van der Waals surface area (Å²) in [5.41, 5.74) is 2.32. The predicted octanol–water partition coefficient (Wildman–Crippen LogP) is 7.45. The van der Waals surface area contributed by atoms with Gasteiger partial charge in [0, 0.05) is 11.1 Å². The van der Waals surface area contributed by atoms with Gasteiger partial charge in [0.2, 0.25) is 0 Å². The molecule has 0 atom stereocenters. The standard InChI is InChI=1S/C20H11Cl4N3O2/c21-10-4-6-15(14(24)8-10)27-20(28)29-11-5-7-16-17(9-11)26-19(25-16)18-12(22)2-1-3-13(18)23/h1-9H,(H,25,26)(H,27,28). The van der Waals surface area contributed by atoms with Gasteiger partial charge in [-0.2, -0.15) is 0 Å². The number of aromatic nitrogens is 2. The summed E-state index contributed by atoms with van der Waals surface area (Å²) in [4.78, 5) is 19.8. The van der Waals surface area contributed by atoms with Crippen LogP contribution in [0.2, 0.25) is 20.1 Å². The molecule has 5 nitrogen and oxygen atoms in total. The summed E-state index contributed by atoms with van der Waals surface area (Å²) < 4.78 is 5.33. The monoisotopic (exact) mass is 465 g/mol. The Labute approximate surface area is 185 Å². The summed E-state index contributed by atoms with van der Waals surface area (Å²) in [6.45, 7) is 0. The molecule has 146 valence electrons. The molecule has 29 heavy (non-hydrogen) atoms. The Morgan fingerprint density at radius 2 is 1.69 bits per heavy atom. The van der Waals surface area contributed by atoms with Crippen LogP contribution in [0.15, 0.2) is 54.6 Å². The second kappa shape index (κ2) is 8.13. The van der Waals surface area contributed by atoms with Crippen LogP contribution in [0.3, 0.4) is 0 Å². The molecule has 0 saturated carbocycles. The number of aromatic amines is 1. The molecule has 1 heterocycles. The van der Waals surface area contributed by atoms with Crippen molar-refractivity contribution in [2.45, 2.75) is 0 Å². The molecule has 1 amide bonds. The zero-order chi connectivity index (χ0) is 20.5. The number of ether oxygens (including phenoxy) is 1. The van der Waals surface area contributed by atoms with E-state index in [0.29, 0.717) is 53.9 Å². The van der Waals surface area contributed by atoms with Crippen LogP contribution in [0.1, 0.15) is 0 Å². The number of hydrogen-bond donors (Lipinski definition) is 2. The quantitative estimate of drug-likeness (QED) is 0.329. The maximum absolute atomic E-state index is 12.2. The van der Waals surface area contributed by atoms with Gasteiger partial charge in [-0.3, -0.25) is 5.32 Å². The lowest BCUT2D eigenvalue weighted by atomic mass is 10.2. The van der Waals surface area contributed by atoms with E-state index < -0.39 is 6.09 Å². The number of nitrogens with zero attached hydrogens (tertiary/aromatic N) is 1. The third kappa shape index (κ3) is 4.28. The number of carbonyl (C=O) groups is 1. The first-order valence-electron chi connectivity index (χ1n) is 8.29. The molecule has 3 aromatic carbocycles. The van der Waals surface area contributed by atoms with Crippen LogP contribution in [0.4, 0.5) is 10.5 Å². The molecule has 0 aliphatic carbocycles. The van der Waals surface area contributed by atoms with Crippen LogP contribution in [-0.4, -0.2) is 16.1 Å². The second-order valence-electron chi connectivity index (χ2n) is 6.00. The fourth-order valence-corrected chi connectivity index (χ4v) is 3.76. The number of imidazole rings is 1. The van der Waals surface area contributed by atoms with E-state index in [2.05, 4.69) is 15.3 Å². The number of fused-ring (bicyclic) bond motifs is 1. The van der Waals surface area contributed by atoms with E-state index >= 15 is 0 Å². The highest BCUT2D eigenvalue weighted by Crippen LogP contribution is 2.34. The molecule has 2 N–H and O–H groups in total. The Hall–Kier alpha value is -2.44. The summed E-state index contributed by atoms with van der Waals surface area (Å²) in [6, 6.07) is 14.9. The number of anilines is 1. The minimum atomic E-state index is -0.692. The van der Waals surface area contributed by atoms with Crippen molar-refractivity contribution in [1.82, 2.24) is 9.97 Å². The maximum Gasteiger partial charge on any atom is 0.417 e. The van der Waals surface area contributed by atoms with Crippen molar-refractivity contribution in [2.75, 3.05) is 5.32 Å². The molecule has 1 aromatic heterocycles. The number of benzene rings is 3. The molecule has 0 unspecified atom stereocenters. The van der Waals surface area contributed by atoms with Crippen LogP contribution < -0.4 is 10.1 Å². The third-order valence-electron chi connectivity index (χ3n) is 4.03. The zero-order valence-corrected chi connectivity index (χ0v) is 17.5. The van der Waals surface area contributed by atoms with E-state index in [1.54, 1.807) is 48.5 Å². The minimum absolute atomic E-state index is 0.305. The summed E-state index contributed by atoms with van der Waals surface area (Å²) in [5, 5.41) is 4.30. The van der Waals surface area contributed by atoms with Gasteiger partial charge in [-0.25, -0.2) is 9.78 Å². The molecule has 4 rings (SSSR count). The van der Waals surface area contributed by atoms with Gasteiger partial charge >= 0.3 is 6.09 Å². The Kier molecular flexibility index (Phi) is 5.56. The molecule has 0 bridgehead atoms. The van der Waals surface area contributed by atoms with Gasteiger partial charge in [0.05, 0.1) is 37.4 Å². The predicted molar refractivity (Wildman–Crippen MR) is 118 cm³/mol. The van der Waals surface area contributed by atoms with Gasteiger partial charge in [0.15, 0.2) is 0 Å². The van der Waals surface area contributed by atoms with Crippen molar-refractivity contribution >= 4 is 69.2 Å². The smallest absolute Gasteiger partial charge is 0.410 e. The van der Waals surface area contributed by atoms with Crippen LogP contribution in [0, 0.1) is 0 Å². The SMILES string of the molecule is O=C(Nc1ccc(Cl)cc1Cl)Oc1ccc2nc(-c3c(Cl)cccc3Cl)[nH]c2c1. The van der Waals surface area contributed by atoms with Crippen molar-refractivity contribution in [1.29, 1.82) is 0 Å². The number of halogens is 4.